The molecule has 0 aliphatic rings. The van der Waals surface area contributed by atoms with E-state index in [0.29, 0.717) is 5.92 Å². The van der Waals surface area contributed by atoms with Gasteiger partial charge in [-0.3, -0.25) is 0 Å². The molecule has 3 rings (SSSR count). The number of nitrogens with one attached hydrogen (secondary N) is 1. The zero-order valence-electron chi connectivity index (χ0n) is 11.9. The summed E-state index contributed by atoms with van der Waals surface area (Å²) in [7, 11) is 0. The summed E-state index contributed by atoms with van der Waals surface area (Å²) in [5.74, 6) is 0.396. The van der Waals surface area contributed by atoms with Crippen LogP contribution in [0.5, 0.6) is 0 Å². The van der Waals surface area contributed by atoms with Gasteiger partial charge in [0.25, 0.3) is 0 Å². The Morgan fingerprint density at radius 3 is 1.90 bits per heavy atom. The van der Waals surface area contributed by atoms with Gasteiger partial charge in [-0.05, 0) is 22.6 Å². The van der Waals surface area contributed by atoms with E-state index >= 15 is 0 Å². The van der Waals surface area contributed by atoms with E-state index in [9.17, 15) is 0 Å². The van der Waals surface area contributed by atoms with Crippen molar-refractivity contribution in [3.8, 4) is 0 Å². The van der Waals surface area contributed by atoms with Crippen molar-refractivity contribution in [3.05, 3.63) is 94.2 Å². The van der Waals surface area contributed by atoms with Crippen LogP contribution >= 0.6 is 11.3 Å². The standard InChI is InChI=1S/C19H19NS/c1-3-8-16(9-4-1)19(17-10-5-2-6-11-17)15-20-14-18-12-7-13-21-18/h1-13,19-20H,14-15H2. The van der Waals surface area contributed by atoms with E-state index in [1.54, 1.807) is 11.3 Å². The highest BCUT2D eigenvalue weighted by atomic mass is 32.1. The second-order valence-electron chi connectivity index (χ2n) is 5.08. The molecule has 0 saturated heterocycles. The maximum absolute atomic E-state index is 3.60. The second-order valence-corrected chi connectivity index (χ2v) is 6.12. The normalized spacial score (nSPS) is 10.9. The number of benzene rings is 2. The summed E-state index contributed by atoms with van der Waals surface area (Å²) < 4.78 is 0. The van der Waals surface area contributed by atoms with Gasteiger partial charge in [0.15, 0.2) is 0 Å². The van der Waals surface area contributed by atoms with E-state index in [2.05, 4.69) is 83.5 Å². The summed E-state index contributed by atoms with van der Waals surface area (Å²) in [6.07, 6.45) is 0. The first-order valence-corrected chi connectivity index (χ1v) is 8.14. The van der Waals surface area contributed by atoms with Crippen molar-refractivity contribution in [1.29, 1.82) is 0 Å². The van der Waals surface area contributed by atoms with Crippen molar-refractivity contribution in [2.24, 2.45) is 0 Å². The fourth-order valence-electron chi connectivity index (χ4n) is 2.55. The summed E-state index contributed by atoms with van der Waals surface area (Å²) in [6.45, 7) is 1.89. The molecule has 0 radical (unpaired) electrons. The molecule has 0 spiro atoms. The van der Waals surface area contributed by atoms with Crippen molar-refractivity contribution < 1.29 is 0 Å². The van der Waals surface area contributed by atoms with E-state index in [4.69, 9.17) is 0 Å². The zero-order chi connectivity index (χ0) is 14.3. The fraction of sp³-hybridized carbons (Fsp3) is 0.158. The Morgan fingerprint density at radius 2 is 1.38 bits per heavy atom. The van der Waals surface area contributed by atoms with Gasteiger partial charge in [-0.15, -0.1) is 11.3 Å². The van der Waals surface area contributed by atoms with E-state index in [-0.39, 0.29) is 0 Å². The topological polar surface area (TPSA) is 12.0 Å². The summed E-state index contributed by atoms with van der Waals surface area (Å²) in [4.78, 5) is 1.38. The molecule has 106 valence electrons. The Hall–Kier alpha value is -1.90. The molecular formula is C19H19NS. The van der Waals surface area contributed by atoms with Crippen LogP contribution in [0.3, 0.4) is 0 Å². The second kappa shape index (κ2) is 7.21. The fourth-order valence-corrected chi connectivity index (χ4v) is 3.23. The lowest BCUT2D eigenvalue weighted by Crippen LogP contribution is -2.21. The summed E-state index contributed by atoms with van der Waals surface area (Å²) in [5.41, 5.74) is 2.73. The van der Waals surface area contributed by atoms with Gasteiger partial charge in [0.1, 0.15) is 0 Å². The molecule has 0 saturated carbocycles. The van der Waals surface area contributed by atoms with Gasteiger partial charge >= 0.3 is 0 Å². The van der Waals surface area contributed by atoms with Gasteiger partial charge in [-0.1, -0.05) is 66.7 Å². The van der Waals surface area contributed by atoms with E-state index < -0.39 is 0 Å². The largest absolute Gasteiger partial charge is 0.311 e. The lowest BCUT2D eigenvalue weighted by molar-refractivity contribution is 0.640. The Kier molecular flexibility index (Phi) is 4.82. The minimum atomic E-state index is 0.396. The van der Waals surface area contributed by atoms with Gasteiger partial charge in [0, 0.05) is 23.9 Å². The molecule has 21 heavy (non-hydrogen) atoms. The molecule has 2 aromatic carbocycles. The molecule has 1 heterocycles. The molecule has 2 heteroatoms. The number of thiophene rings is 1. The summed E-state index contributed by atoms with van der Waals surface area (Å²) in [6, 6.07) is 25.7. The van der Waals surface area contributed by atoms with Crippen molar-refractivity contribution in [1.82, 2.24) is 5.32 Å². The van der Waals surface area contributed by atoms with Crippen LogP contribution in [0.15, 0.2) is 78.2 Å². The van der Waals surface area contributed by atoms with Crippen molar-refractivity contribution >= 4 is 11.3 Å². The smallest absolute Gasteiger partial charge is 0.0300 e. The van der Waals surface area contributed by atoms with Crippen LogP contribution < -0.4 is 5.32 Å². The van der Waals surface area contributed by atoms with Crippen molar-refractivity contribution in [2.75, 3.05) is 6.54 Å². The van der Waals surface area contributed by atoms with Crippen LogP contribution in [-0.2, 0) is 6.54 Å². The molecule has 0 unspecified atom stereocenters. The van der Waals surface area contributed by atoms with Crippen molar-refractivity contribution in [3.63, 3.8) is 0 Å². The molecule has 1 N–H and O–H groups in total. The highest BCUT2D eigenvalue weighted by Gasteiger charge is 2.13. The number of rotatable bonds is 6. The predicted octanol–water partition coefficient (Wildman–Crippen LogP) is 4.67. The Bertz CT molecular complexity index is 592. The lowest BCUT2D eigenvalue weighted by Gasteiger charge is -2.18. The zero-order valence-corrected chi connectivity index (χ0v) is 12.7. The third-order valence-corrected chi connectivity index (χ3v) is 4.51. The van der Waals surface area contributed by atoms with Gasteiger partial charge in [-0.2, -0.15) is 0 Å². The summed E-state index contributed by atoms with van der Waals surface area (Å²) in [5, 5.41) is 5.72. The number of hydrogen-bond acceptors (Lipinski definition) is 2. The predicted molar refractivity (Wildman–Crippen MR) is 90.8 cm³/mol. The molecule has 1 nitrogen and oxygen atoms in total. The average Bonchev–Trinajstić information content (AvgIpc) is 3.07. The Morgan fingerprint density at radius 1 is 0.762 bits per heavy atom. The lowest BCUT2D eigenvalue weighted by atomic mass is 9.91. The minimum Gasteiger partial charge on any atom is -0.311 e. The van der Waals surface area contributed by atoms with Crippen molar-refractivity contribution in [2.45, 2.75) is 12.5 Å². The Balaban J connectivity index is 1.73. The first kappa shape index (κ1) is 14.1. The van der Waals surface area contributed by atoms with E-state index in [1.807, 2.05) is 0 Å². The quantitative estimate of drug-likeness (QED) is 0.696. The van der Waals surface area contributed by atoms with Crippen LogP contribution in [-0.4, -0.2) is 6.54 Å². The molecule has 1 aromatic heterocycles. The average molecular weight is 293 g/mol. The third-order valence-electron chi connectivity index (χ3n) is 3.63. The van der Waals surface area contributed by atoms with Gasteiger partial charge in [0.05, 0.1) is 0 Å². The van der Waals surface area contributed by atoms with Crippen LogP contribution in [0.25, 0.3) is 0 Å². The van der Waals surface area contributed by atoms with Crippen LogP contribution in [0, 0.1) is 0 Å². The molecule has 0 bridgehead atoms. The summed E-state index contributed by atoms with van der Waals surface area (Å²) >= 11 is 1.80. The van der Waals surface area contributed by atoms with E-state index in [0.717, 1.165) is 13.1 Å². The van der Waals surface area contributed by atoms with Gasteiger partial charge < -0.3 is 5.32 Å². The Labute approximate surface area is 130 Å². The first-order chi connectivity index (χ1) is 10.4. The first-order valence-electron chi connectivity index (χ1n) is 7.26. The number of hydrogen-bond donors (Lipinski definition) is 1. The molecule has 0 atom stereocenters. The minimum absolute atomic E-state index is 0.396. The molecule has 0 aliphatic heterocycles. The SMILES string of the molecule is c1ccc(C(CNCc2cccs2)c2ccccc2)cc1. The molecule has 0 fully saturated rings. The molecule has 0 amide bonds. The maximum Gasteiger partial charge on any atom is 0.0300 e. The van der Waals surface area contributed by atoms with Gasteiger partial charge in [0.2, 0.25) is 0 Å². The highest BCUT2D eigenvalue weighted by molar-refractivity contribution is 7.09. The van der Waals surface area contributed by atoms with E-state index in [1.165, 1.54) is 16.0 Å². The third kappa shape index (κ3) is 3.81. The monoisotopic (exact) mass is 293 g/mol. The maximum atomic E-state index is 3.60. The van der Waals surface area contributed by atoms with Crippen LogP contribution in [0.1, 0.15) is 21.9 Å². The molecule has 0 aliphatic carbocycles. The van der Waals surface area contributed by atoms with Crippen LogP contribution in [0.4, 0.5) is 0 Å². The van der Waals surface area contributed by atoms with Crippen LogP contribution in [0.2, 0.25) is 0 Å². The highest BCUT2D eigenvalue weighted by Crippen LogP contribution is 2.23. The molecular weight excluding hydrogens is 274 g/mol. The molecule has 3 aromatic rings. The van der Waals surface area contributed by atoms with Gasteiger partial charge in [-0.25, -0.2) is 0 Å².